The van der Waals surface area contributed by atoms with Crippen molar-refractivity contribution in [2.45, 2.75) is 44.2 Å². The van der Waals surface area contributed by atoms with Gasteiger partial charge in [0.2, 0.25) is 0 Å². The van der Waals surface area contributed by atoms with Crippen LogP contribution in [-0.4, -0.2) is 51.8 Å². The normalized spacial score (nSPS) is 20.6. The summed E-state index contributed by atoms with van der Waals surface area (Å²) in [5, 5.41) is 3.44. The zero-order valence-corrected chi connectivity index (χ0v) is 20.0. The van der Waals surface area contributed by atoms with E-state index in [1.54, 1.807) is 6.33 Å². The second kappa shape index (κ2) is 11.0. The molecule has 1 saturated carbocycles. The van der Waals surface area contributed by atoms with E-state index in [2.05, 4.69) is 22.4 Å². The van der Waals surface area contributed by atoms with Gasteiger partial charge in [0.05, 0.1) is 18.1 Å². The minimum atomic E-state index is -0.244. The molecule has 2 atom stereocenters. The van der Waals surface area contributed by atoms with Crippen LogP contribution in [0.1, 0.15) is 47.8 Å². The van der Waals surface area contributed by atoms with E-state index >= 15 is 0 Å². The fourth-order valence-corrected chi connectivity index (χ4v) is 5.13. The minimum Gasteiger partial charge on any atom is -0.331 e. The Morgan fingerprint density at radius 3 is 2.50 bits per heavy atom. The largest absolute Gasteiger partial charge is 0.331 e. The van der Waals surface area contributed by atoms with Gasteiger partial charge in [-0.05, 0) is 24.8 Å². The quantitative estimate of drug-likeness (QED) is 0.593. The van der Waals surface area contributed by atoms with E-state index in [0.29, 0.717) is 18.7 Å². The van der Waals surface area contributed by atoms with Gasteiger partial charge in [-0.25, -0.2) is 4.98 Å². The molecular formula is C27H31ClN4O2. The number of benzene rings is 2. The summed E-state index contributed by atoms with van der Waals surface area (Å²) in [5.41, 5.74) is 3.34. The second-order valence-corrected chi connectivity index (χ2v) is 8.99. The van der Waals surface area contributed by atoms with Gasteiger partial charge in [-0.2, -0.15) is 0 Å². The standard InChI is InChI=1S/C27H30N4O2.ClH/c32-24-14-8-7-13-23(24)31-19-29-25(26(31)21-11-5-2-6-12-21)27(33)30-16-15-28-18-22(30)17-20-9-3-1-4-10-20;/h1-6,9-12,19,22-23,28H,7-8,13-18H2;1H/t22-,23?;/m0./s1. The summed E-state index contributed by atoms with van der Waals surface area (Å²) >= 11 is 0. The van der Waals surface area contributed by atoms with Crippen molar-refractivity contribution >= 4 is 24.1 Å². The lowest BCUT2D eigenvalue weighted by Gasteiger charge is -2.36. The maximum Gasteiger partial charge on any atom is 0.275 e. The molecule has 1 N–H and O–H groups in total. The number of carbonyl (C=O) groups excluding carboxylic acids is 2. The summed E-state index contributed by atoms with van der Waals surface area (Å²) in [6.07, 6.45) is 5.85. The van der Waals surface area contributed by atoms with Crippen LogP contribution >= 0.6 is 12.4 Å². The van der Waals surface area contributed by atoms with Crippen LogP contribution in [0.5, 0.6) is 0 Å². The number of hydrogen-bond donors (Lipinski definition) is 1. The number of Topliss-reactive ketones (excluding diaryl/α,β-unsaturated/α-hetero) is 1. The number of rotatable bonds is 5. The monoisotopic (exact) mass is 478 g/mol. The van der Waals surface area contributed by atoms with Crippen LogP contribution in [0.2, 0.25) is 0 Å². The molecule has 1 aliphatic carbocycles. The lowest BCUT2D eigenvalue weighted by molar-refractivity contribution is -0.123. The van der Waals surface area contributed by atoms with Gasteiger partial charge in [-0.15, -0.1) is 12.4 Å². The molecule has 2 heterocycles. The first-order valence-corrected chi connectivity index (χ1v) is 11.9. The third kappa shape index (κ3) is 4.93. The molecule has 1 amide bonds. The lowest BCUT2D eigenvalue weighted by Crippen LogP contribution is -2.54. The molecule has 0 spiro atoms. The number of hydrogen-bond acceptors (Lipinski definition) is 4. The van der Waals surface area contributed by atoms with E-state index in [9.17, 15) is 9.59 Å². The van der Waals surface area contributed by atoms with Crippen LogP contribution in [0, 0.1) is 0 Å². The van der Waals surface area contributed by atoms with Gasteiger partial charge in [0.25, 0.3) is 5.91 Å². The van der Waals surface area contributed by atoms with Gasteiger partial charge in [0.1, 0.15) is 0 Å². The predicted molar refractivity (Wildman–Crippen MR) is 135 cm³/mol. The Labute approximate surface area is 206 Å². The fraction of sp³-hybridized carbons (Fsp3) is 0.370. The lowest BCUT2D eigenvalue weighted by atomic mass is 9.93. The van der Waals surface area contributed by atoms with E-state index in [1.807, 2.05) is 58.0 Å². The number of carbonyl (C=O) groups is 2. The summed E-state index contributed by atoms with van der Waals surface area (Å²) in [6, 6.07) is 20.0. The number of nitrogens with one attached hydrogen (secondary N) is 1. The van der Waals surface area contributed by atoms with Crippen LogP contribution in [0.3, 0.4) is 0 Å². The Balaban J connectivity index is 0.00000274. The maximum atomic E-state index is 13.9. The molecule has 3 aromatic rings. The number of nitrogens with zero attached hydrogens (tertiary/aromatic N) is 3. The fourth-order valence-electron chi connectivity index (χ4n) is 5.13. The first-order valence-electron chi connectivity index (χ1n) is 11.9. The van der Waals surface area contributed by atoms with Gasteiger partial charge in [0, 0.05) is 37.7 Å². The van der Waals surface area contributed by atoms with Gasteiger partial charge >= 0.3 is 0 Å². The summed E-state index contributed by atoms with van der Waals surface area (Å²) in [4.78, 5) is 33.3. The van der Waals surface area contributed by atoms with E-state index in [1.165, 1.54) is 5.56 Å². The first kappa shape index (κ1) is 24.2. The van der Waals surface area contributed by atoms with Crippen molar-refractivity contribution in [1.82, 2.24) is 19.8 Å². The smallest absolute Gasteiger partial charge is 0.275 e. The molecule has 0 radical (unpaired) electrons. The molecule has 1 unspecified atom stereocenters. The highest BCUT2D eigenvalue weighted by Crippen LogP contribution is 2.33. The Morgan fingerprint density at radius 1 is 1.03 bits per heavy atom. The molecule has 178 valence electrons. The van der Waals surface area contributed by atoms with E-state index < -0.39 is 0 Å². The van der Waals surface area contributed by atoms with E-state index in [4.69, 9.17) is 0 Å². The summed E-state index contributed by atoms with van der Waals surface area (Å²) in [7, 11) is 0. The van der Waals surface area contributed by atoms with Crippen LogP contribution in [0.15, 0.2) is 67.0 Å². The molecular weight excluding hydrogens is 448 g/mol. The zero-order chi connectivity index (χ0) is 22.6. The molecule has 5 rings (SSSR count). The maximum absolute atomic E-state index is 13.9. The molecule has 1 saturated heterocycles. The number of piperazine rings is 1. The van der Waals surface area contributed by atoms with E-state index in [0.717, 1.165) is 50.0 Å². The van der Waals surface area contributed by atoms with Gasteiger partial charge in [0.15, 0.2) is 11.5 Å². The van der Waals surface area contributed by atoms with Crippen molar-refractivity contribution in [3.05, 3.63) is 78.2 Å². The van der Waals surface area contributed by atoms with Crippen molar-refractivity contribution in [3.8, 4) is 11.3 Å². The number of ketones is 1. The van der Waals surface area contributed by atoms with Crippen LogP contribution in [0.4, 0.5) is 0 Å². The van der Waals surface area contributed by atoms with Crippen LogP contribution < -0.4 is 5.32 Å². The first-order chi connectivity index (χ1) is 16.2. The number of halogens is 1. The second-order valence-electron chi connectivity index (χ2n) is 8.99. The third-order valence-corrected chi connectivity index (χ3v) is 6.83. The van der Waals surface area contributed by atoms with Crippen molar-refractivity contribution in [2.24, 2.45) is 0 Å². The third-order valence-electron chi connectivity index (χ3n) is 6.83. The summed E-state index contributed by atoms with van der Waals surface area (Å²) < 4.78 is 1.96. The van der Waals surface area contributed by atoms with Crippen LogP contribution in [-0.2, 0) is 11.2 Å². The SMILES string of the molecule is Cl.O=C1CCCCC1n1cnc(C(=O)N2CCNC[C@@H]2Cc2ccccc2)c1-c1ccccc1. The minimum absolute atomic E-state index is 0. The highest BCUT2D eigenvalue weighted by molar-refractivity contribution is 5.99. The molecule has 2 aliphatic rings. The Hall–Kier alpha value is -2.96. The average Bonchev–Trinajstić information content (AvgIpc) is 3.30. The molecule has 1 aliphatic heterocycles. The molecule has 34 heavy (non-hydrogen) atoms. The predicted octanol–water partition coefficient (Wildman–Crippen LogP) is 4.31. The van der Waals surface area contributed by atoms with Gasteiger partial charge in [-0.3, -0.25) is 9.59 Å². The molecule has 7 heteroatoms. The van der Waals surface area contributed by atoms with Gasteiger partial charge in [-0.1, -0.05) is 67.1 Å². The number of amides is 1. The molecule has 2 aromatic carbocycles. The highest BCUT2D eigenvalue weighted by atomic mass is 35.5. The average molecular weight is 479 g/mol. The van der Waals surface area contributed by atoms with Crippen molar-refractivity contribution in [3.63, 3.8) is 0 Å². The number of aromatic nitrogens is 2. The van der Waals surface area contributed by atoms with Gasteiger partial charge < -0.3 is 14.8 Å². The molecule has 0 bridgehead atoms. The number of imidazole rings is 1. The Bertz CT molecular complexity index is 1120. The Kier molecular flexibility index (Phi) is 7.80. The summed E-state index contributed by atoms with van der Waals surface area (Å²) in [5.74, 6) is 0.178. The van der Waals surface area contributed by atoms with Crippen molar-refractivity contribution < 1.29 is 9.59 Å². The van der Waals surface area contributed by atoms with Crippen molar-refractivity contribution in [2.75, 3.05) is 19.6 Å². The molecule has 1 aromatic heterocycles. The summed E-state index contributed by atoms with van der Waals surface area (Å²) in [6.45, 7) is 2.16. The molecule has 6 nitrogen and oxygen atoms in total. The highest BCUT2D eigenvalue weighted by Gasteiger charge is 2.34. The Morgan fingerprint density at radius 2 is 1.76 bits per heavy atom. The topological polar surface area (TPSA) is 67.2 Å². The zero-order valence-electron chi connectivity index (χ0n) is 19.2. The molecule has 2 fully saturated rings. The van der Waals surface area contributed by atoms with Crippen molar-refractivity contribution in [1.29, 1.82) is 0 Å². The van der Waals surface area contributed by atoms with E-state index in [-0.39, 0.29) is 36.2 Å². The van der Waals surface area contributed by atoms with Crippen LogP contribution in [0.25, 0.3) is 11.3 Å².